The zero-order valence-corrected chi connectivity index (χ0v) is 18.5. The number of rotatable bonds is 9. The van der Waals surface area contributed by atoms with E-state index < -0.39 is 6.10 Å². The quantitative estimate of drug-likeness (QED) is 0.339. The van der Waals surface area contributed by atoms with Crippen molar-refractivity contribution in [3.05, 3.63) is 23.8 Å². The molecule has 3 nitrogen and oxygen atoms in total. The lowest BCUT2D eigenvalue weighted by Gasteiger charge is -2.19. The van der Waals surface area contributed by atoms with E-state index in [1.807, 2.05) is 19.9 Å². The average molecular weight is 400 g/mol. The highest BCUT2D eigenvalue weighted by atomic mass is 16.3. The van der Waals surface area contributed by atoms with Gasteiger partial charge in [0, 0.05) is 12.3 Å². The zero-order valence-electron chi connectivity index (χ0n) is 18.5. The molecule has 29 heavy (non-hydrogen) atoms. The fraction of sp³-hybridized carbons (Fsp3) is 0.769. The normalized spacial score (nSPS) is 33.2. The van der Waals surface area contributed by atoms with Crippen molar-refractivity contribution in [2.45, 2.75) is 83.8 Å². The molecule has 3 fully saturated rings. The van der Waals surface area contributed by atoms with E-state index in [9.17, 15) is 10.2 Å². The molecule has 0 aromatic rings. The number of aliphatic hydroxyl groups excluding tert-OH is 2. The van der Waals surface area contributed by atoms with Gasteiger partial charge in [-0.05, 0) is 95.7 Å². The van der Waals surface area contributed by atoms with Crippen LogP contribution in [0.2, 0.25) is 0 Å². The molecular formula is C26H41NO2. The number of allylic oxidation sites excluding steroid dienone is 2. The number of hydrogen-bond donors (Lipinski definition) is 2. The van der Waals surface area contributed by atoms with E-state index in [2.05, 4.69) is 28.9 Å². The lowest BCUT2D eigenvalue weighted by molar-refractivity contribution is 0.137. The predicted molar refractivity (Wildman–Crippen MR) is 120 cm³/mol. The number of likely N-dealkylation sites (tertiary alicyclic amines) is 1. The first-order valence-electron chi connectivity index (χ1n) is 11.9. The van der Waals surface area contributed by atoms with Gasteiger partial charge in [-0.3, -0.25) is 0 Å². The molecule has 1 saturated heterocycles. The van der Waals surface area contributed by atoms with Gasteiger partial charge in [0.05, 0.1) is 12.2 Å². The van der Waals surface area contributed by atoms with Crippen molar-refractivity contribution in [2.24, 2.45) is 23.7 Å². The summed E-state index contributed by atoms with van der Waals surface area (Å²) in [6, 6.07) is 0. The summed E-state index contributed by atoms with van der Waals surface area (Å²) in [6.07, 6.45) is 16.3. The first kappa shape index (κ1) is 22.6. The Labute approximate surface area is 178 Å². The highest BCUT2D eigenvalue weighted by Crippen LogP contribution is 2.50. The van der Waals surface area contributed by atoms with Crippen molar-refractivity contribution >= 4 is 0 Å². The van der Waals surface area contributed by atoms with Crippen LogP contribution in [0.25, 0.3) is 0 Å². The number of unbranched alkanes of at least 4 members (excludes halogenated alkanes) is 2. The summed E-state index contributed by atoms with van der Waals surface area (Å²) < 4.78 is 0. The van der Waals surface area contributed by atoms with Crippen LogP contribution in [0.1, 0.15) is 71.6 Å². The summed E-state index contributed by atoms with van der Waals surface area (Å²) in [6.45, 7) is 7.76. The standard InChI is InChI=1S/C26H41NO2/c1-3-4-10-20(2)25(28)13-12-23-24-18-21(17-22(24)19-26(23)29)11-6-5-7-14-27-15-8-9-16-27/h11-13,20,22-26,28-29H,5-10,14-19H2,1-2H3/b13-12+,21-11?/t20-,22+,23-,24+,25+,26-/m1/s1. The van der Waals surface area contributed by atoms with E-state index >= 15 is 0 Å². The Bertz CT molecular complexity index is 622. The van der Waals surface area contributed by atoms with Gasteiger partial charge >= 0.3 is 0 Å². The summed E-state index contributed by atoms with van der Waals surface area (Å²) in [5, 5.41) is 20.9. The maximum Gasteiger partial charge on any atom is 0.0755 e. The van der Waals surface area contributed by atoms with Crippen LogP contribution >= 0.6 is 0 Å². The van der Waals surface area contributed by atoms with Gasteiger partial charge in [0.25, 0.3) is 0 Å². The molecule has 2 N–H and O–H groups in total. The second kappa shape index (κ2) is 11.3. The molecule has 6 atom stereocenters. The van der Waals surface area contributed by atoms with Crippen molar-refractivity contribution in [1.82, 2.24) is 4.90 Å². The minimum Gasteiger partial charge on any atom is -0.392 e. The monoisotopic (exact) mass is 399 g/mol. The molecule has 2 saturated carbocycles. The molecule has 3 heteroatoms. The van der Waals surface area contributed by atoms with Crippen molar-refractivity contribution < 1.29 is 10.2 Å². The number of nitrogens with zero attached hydrogens (tertiary/aromatic N) is 1. The summed E-state index contributed by atoms with van der Waals surface area (Å²) in [5.41, 5.74) is 1.61. The molecule has 1 aliphatic heterocycles. The average Bonchev–Trinajstić information content (AvgIpc) is 3.41. The molecule has 0 aromatic heterocycles. The molecule has 1 heterocycles. The van der Waals surface area contributed by atoms with E-state index in [1.54, 1.807) is 5.57 Å². The van der Waals surface area contributed by atoms with E-state index in [0.29, 0.717) is 18.3 Å². The van der Waals surface area contributed by atoms with Gasteiger partial charge in [0.15, 0.2) is 0 Å². The van der Waals surface area contributed by atoms with Gasteiger partial charge in [-0.2, -0.15) is 0 Å². The molecule has 2 aliphatic carbocycles. The zero-order chi connectivity index (χ0) is 20.6. The molecule has 3 aliphatic rings. The van der Waals surface area contributed by atoms with Crippen LogP contribution in [0.4, 0.5) is 0 Å². The minimum atomic E-state index is -0.478. The molecule has 0 radical (unpaired) electrons. The first-order valence-corrected chi connectivity index (χ1v) is 11.9. The molecule has 0 spiro atoms. The second-order valence-corrected chi connectivity index (χ2v) is 9.60. The largest absolute Gasteiger partial charge is 0.392 e. The summed E-state index contributed by atoms with van der Waals surface area (Å²) in [5.74, 6) is 7.45. The fourth-order valence-corrected chi connectivity index (χ4v) is 5.55. The molecular weight excluding hydrogens is 358 g/mol. The van der Waals surface area contributed by atoms with Gasteiger partial charge in [0.1, 0.15) is 0 Å². The molecule has 3 rings (SSSR count). The summed E-state index contributed by atoms with van der Waals surface area (Å²) in [4.78, 5) is 2.61. The minimum absolute atomic E-state index is 0.132. The van der Waals surface area contributed by atoms with Crippen LogP contribution in [0.3, 0.4) is 0 Å². The van der Waals surface area contributed by atoms with Crippen LogP contribution in [0.5, 0.6) is 0 Å². The van der Waals surface area contributed by atoms with Gasteiger partial charge in [0.2, 0.25) is 0 Å². The van der Waals surface area contributed by atoms with Crippen LogP contribution in [-0.4, -0.2) is 47.0 Å². The Morgan fingerprint density at radius 2 is 2.00 bits per heavy atom. The van der Waals surface area contributed by atoms with Gasteiger partial charge in [-0.15, -0.1) is 11.8 Å². The van der Waals surface area contributed by atoms with Crippen LogP contribution in [0.15, 0.2) is 23.8 Å². The van der Waals surface area contributed by atoms with Crippen LogP contribution in [-0.2, 0) is 0 Å². The summed E-state index contributed by atoms with van der Waals surface area (Å²) >= 11 is 0. The molecule has 0 aromatic carbocycles. The van der Waals surface area contributed by atoms with Crippen molar-refractivity contribution in [1.29, 1.82) is 0 Å². The van der Waals surface area contributed by atoms with E-state index in [4.69, 9.17) is 0 Å². The van der Waals surface area contributed by atoms with Crippen molar-refractivity contribution in [3.63, 3.8) is 0 Å². The highest BCUT2D eigenvalue weighted by molar-refractivity contribution is 5.18. The summed E-state index contributed by atoms with van der Waals surface area (Å²) in [7, 11) is 0. The van der Waals surface area contributed by atoms with Gasteiger partial charge in [-0.25, -0.2) is 0 Å². The second-order valence-electron chi connectivity index (χ2n) is 9.60. The third kappa shape index (κ3) is 6.45. The lowest BCUT2D eigenvalue weighted by atomic mass is 9.89. The highest BCUT2D eigenvalue weighted by Gasteiger charge is 2.44. The molecule has 162 valence electrons. The third-order valence-corrected chi connectivity index (χ3v) is 7.39. The Kier molecular flexibility index (Phi) is 8.85. The maximum absolute atomic E-state index is 10.5. The number of aliphatic hydroxyl groups is 2. The van der Waals surface area contributed by atoms with E-state index in [0.717, 1.165) is 12.8 Å². The van der Waals surface area contributed by atoms with E-state index in [-0.39, 0.29) is 17.9 Å². The topological polar surface area (TPSA) is 43.7 Å². The van der Waals surface area contributed by atoms with Crippen LogP contribution in [0, 0.1) is 35.5 Å². The van der Waals surface area contributed by atoms with Crippen LogP contribution < -0.4 is 0 Å². The smallest absolute Gasteiger partial charge is 0.0755 e. The lowest BCUT2D eigenvalue weighted by Crippen LogP contribution is -2.20. The van der Waals surface area contributed by atoms with E-state index in [1.165, 1.54) is 58.2 Å². The SMILES string of the molecule is CC#CC[C@@H](C)[C@@H](O)/C=C/[C@@H]1[C@H]2CC(=CCCCCN3CCCC3)C[C@H]2C[C@H]1O. The van der Waals surface area contributed by atoms with Crippen molar-refractivity contribution in [2.75, 3.05) is 19.6 Å². The third-order valence-electron chi connectivity index (χ3n) is 7.39. The van der Waals surface area contributed by atoms with Gasteiger partial charge in [-0.1, -0.05) is 30.7 Å². The Balaban J connectivity index is 1.43. The number of fused-ring (bicyclic) bond motifs is 1. The first-order chi connectivity index (χ1) is 14.1. The van der Waals surface area contributed by atoms with Gasteiger partial charge < -0.3 is 15.1 Å². The Morgan fingerprint density at radius 1 is 1.21 bits per heavy atom. The van der Waals surface area contributed by atoms with Crippen molar-refractivity contribution in [3.8, 4) is 11.8 Å². The maximum atomic E-state index is 10.5. The fourth-order valence-electron chi connectivity index (χ4n) is 5.55. The Morgan fingerprint density at radius 3 is 2.76 bits per heavy atom. The molecule has 0 unspecified atom stereocenters. The molecule has 0 amide bonds. The Hall–Kier alpha value is -1.08. The molecule has 0 bridgehead atoms. The number of hydrogen-bond acceptors (Lipinski definition) is 3. The predicted octanol–water partition coefficient (Wildman–Crippen LogP) is 4.55.